The van der Waals surface area contributed by atoms with Gasteiger partial charge in [-0.1, -0.05) is 18.2 Å². The topological polar surface area (TPSA) is 74.7 Å². The highest BCUT2D eigenvalue weighted by atomic mass is 32.2. The Hall–Kier alpha value is -1.40. The van der Waals surface area contributed by atoms with Crippen LogP contribution in [0.25, 0.3) is 0 Å². The van der Waals surface area contributed by atoms with Crippen LogP contribution < -0.4 is 0 Å². The molecule has 0 unspecified atom stereocenters. The summed E-state index contributed by atoms with van der Waals surface area (Å²) < 4.78 is 24.7. The Morgan fingerprint density at radius 2 is 1.94 bits per heavy atom. The van der Waals surface area contributed by atoms with E-state index in [9.17, 15) is 13.2 Å². The predicted molar refractivity (Wildman–Crippen MR) is 58.6 cm³/mol. The minimum absolute atomic E-state index is 0.138. The minimum atomic E-state index is -3.71. The Morgan fingerprint density at radius 3 is 2.44 bits per heavy atom. The largest absolute Gasteiger partial charge is 0.480 e. The summed E-state index contributed by atoms with van der Waals surface area (Å²) in [5.41, 5.74) is 0.597. The summed E-state index contributed by atoms with van der Waals surface area (Å²) in [7, 11) is -2.47. The Kier molecular flexibility index (Phi) is 3.66. The second-order valence-electron chi connectivity index (χ2n) is 3.42. The maximum atomic E-state index is 12.0. The minimum Gasteiger partial charge on any atom is -0.480 e. The number of rotatable bonds is 4. The number of carboxylic acids is 1. The van der Waals surface area contributed by atoms with Gasteiger partial charge in [0.1, 0.15) is 6.54 Å². The van der Waals surface area contributed by atoms with Crippen molar-refractivity contribution in [1.29, 1.82) is 0 Å². The van der Waals surface area contributed by atoms with E-state index in [1.165, 1.54) is 13.1 Å². The lowest BCUT2D eigenvalue weighted by atomic mass is 10.2. The molecule has 0 radical (unpaired) electrons. The first kappa shape index (κ1) is 12.7. The SMILES string of the molecule is Cc1ccccc1S(=O)(=O)N(C)CC(=O)O. The van der Waals surface area contributed by atoms with E-state index in [0.29, 0.717) is 5.56 Å². The van der Waals surface area contributed by atoms with Crippen LogP contribution in [0.1, 0.15) is 5.56 Å². The highest BCUT2D eigenvalue weighted by Gasteiger charge is 2.23. The van der Waals surface area contributed by atoms with Crippen LogP contribution in [0.15, 0.2) is 29.2 Å². The number of nitrogens with zero attached hydrogens (tertiary/aromatic N) is 1. The maximum Gasteiger partial charge on any atom is 0.318 e. The van der Waals surface area contributed by atoms with Gasteiger partial charge in [-0.25, -0.2) is 8.42 Å². The van der Waals surface area contributed by atoms with Gasteiger partial charge < -0.3 is 5.11 Å². The molecule has 0 fully saturated rings. The Bertz CT molecular complexity index is 495. The van der Waals surface area contributed by atoms with E-state index in [1.54, 1.807) is 25.1 Å². The van der Waals surface area contributed by atoms with Crippen molar-refractivity contribution in [3.8, 4) is 0 Å². The quantitative estimate of drug-likeness (QED) is 0.844. The molecule has 1 rings (SSSR count). The van der Waals surface area contributed by atoms with E-state index in [0.717, 1.165) is 4.31 Å². The summed E-state index contributed by atoms with van der Waals surface area (Å²) >= 11 is 0. The summed E-state index contributed by atoms with van der Waals surface area (Å²) in [5.74, 6) is -1.18. The molecule has 16 heavy (non-hydrogen) atoms. The molecular formula is C10H13NO4S. The van der Waals surface area contributed by atoms with Gasteiger partial charge in [0.05, 0.1) is 4.90 Å². The van der Waals surface area contributed by atoms with Crippen LogP contribution in [-0.2, 0) is 14.8 Å². The van der Waals surface area contributed by atoms with Crippen LogP contribution in [-0.4, -0.2) is 37.4 Å². The fourth-order valence-corrected chi connectivity index (χ4v) is 2.63. The maximum absolute atomic E-state index is 12.0. The highest BCUT2D eigenvalue weighted by Crippen LogP contribution is 2.17. The molecule has 0 aromatic heterocycles. The van der Waals surface area contributed by atoms with Gasteiger partial charge in [-0.05, 0) is 18.6 Å². The zero-order valence-electron chi connectivity index (χ0n) is 9.04. The van der Waals surface area contributed by atoms with Crippen LogP contribution in [0, 0.1) is 6.92 Å². The van der Waals surface area contributed by atoms with Gasteiger partial charge in [0.15, 0.2) is 0 Å². The number of benzene rings is 1. The summed E-state index contributed by atoms with van der Waals surface area (Å²) in [4.78, 5) is 10.6. The number of hydrogen-bond donors (Lipinski definition) is 1. The zero-order chi connectivity index (χ0) is 12.3. The Labute approximate surface area is 94.4 Å². The first-order valence-electron chi connectivity index (χ1n) is 4.59. The van der Waals surface area contributed by atoms with Crippen LogP contribution in [0.2, 0.25) is 0 Å². The second kappa shape index (κ2) is 4.63. The number of hydrogen-bond acceptors (Lipinski definition) is 3. The molecule has 5 nitrogen and oxygen atoms in total. The average molecular weight is 243 g/mol. The first-order chi connectivity index (χ1) is 7.35. The molecule has 0 bridgehead atoms. The number of sulfonamides is 1. The van der Waals surface area contributed by atoms with Crippen LogP contribution in [0.3, 0.4) is 0 Å². The van der Waals surface area contributed by atoms with Crippen molar-refractivity contribution in [2.75, 3.05) is 13.6 Å². The molecule has 0 aliphatic carbocycles. The summed E-state index contributed by atoms with van der Waals surface area (Å²) in [6.45, 7) is 1.12. The van der Waals surface area contributed by atoms with E-state index in [-0.39, 0.29) is 4.90 Å². The third kappa shape index (κ3) is 2.59. The lowest BCUT2D eigenvalue weighted by Gasteiger charge is -2.16. The van der Waals surface area contributed by atoms with Crippen molar-refractivity contribution in [3.05, 3.63) is 29.8 Å². The molecule has 6 heteroatoms. The normalized spacial score (nSPS) is 11.7. The molecule has 0 atom stereocenters. The van der Waals surface area contributed by atoms with Crippen LogP contribution in [0.4, 0.5) is 0 Å². The third-order valence-corrected chi connectivity index (χ3v) is 4.10. The van der Waals surface area contributed by atoms with Crippen molar-refractivity contribution >= 4 is 16.0 Å². The van der Waals surface area contributed by atoms with Gasteiger partial charge in [-0.3, -0.25) is 4.79 Å². The van der Waals surface area contributed by atoms with Gasteiger partial charge in [0, 0.05) is 7.05 Å². The number of carboxylic acid groups (broad SMARTS) is 1. The molecule has 0 aliphatic heterocycles. The Morgan fingerprint density at radius 1 is 1.38 bits per heavy atom. The van der Waals surface area contributed by atoms with Crippen LogP contribution in [0.5, 0.6) is 0 Å². The molecule has 0 spiro atoms. The Balaban J connectivity index is 3.12. The van der Waals surface area contributed by atoms with Gasteiger partial charge >= 0.3 is 5.97 Å². The fourth-order valence-electron chi connectivity index (χ4n) is 1.29. The van der Waals surface area contributed by atoms with Gasteiger partial charge in [-0.15, -0.1) is 0 Å². The molecule has 0 saturated heterocycles. The van der Waals surface area contributed by atoms with Gasteiger partial charge in [0.2, 0.25) is 10.0 Å². The smallest absolute Gasteiger partial charge is 0.318 e. The van der Waals surface area contributed by atoms with E-state index in [2.05, 4.69) is 0 Å². The highest BCUT2D eigenvalue weighted by molar-refractivity contribution is 7.89. The van der Waals surface area contributed by atoms with Gasteiger partial charge in [0.25, 0.3) is 0 Å². The second-order valence-corrected chi connectivity index (χ2v) is 5.43. The molecule has 1 aromatic rings. The molecule has 88 valence electrons. The van der Waals surface area contributed by atoms with E-state index >= 15 is 0 Å². The van der Waals surface area contributed by atoms with Crippen molar-refractivity contribution in [2.45, 2.75) is 11.8 Å². The monoisotopic (exact) mass is 243 g/mol. The lowest BCUT2D eigenvalue weighted by molar-refractivity contribution is -0.137. The molecule has 0 saturated carbocycles. The lowest BCUT2D eigenvalue weighted by Crippen LogP contribution is -2.32. The summed E-state index contributed by atoms with van der Waals surface area (Å²) in [6, 6.07) is 6.46. The zero-order valence-corrected chi connectivity index (χ0v) is 9.86. The number of aryl methyl sites for hydroxylation is 1. The summed E-state index contributed by atoms with van der Waals surface area (Å²) in [5, 5.41) is 8.56. The van der Waals surface area contributed by atoms with Crippen molar-refractivity contribution in [2.24, 2.45) is 0 Å². The molecular weight excluding hydrogens is 230 g/mol. The average Bonchev–Trinajstić information content (AvgIpc) is 2.16. The van der Waals surface area contributed by atoms with Crippen molar-refractivity contribution in [1.82, 2.24) is 4.31 Å². The van der Waals surface area contributed by atoms with Crippen molar-refractivity contribution < 1.29 is 18.3 Å². The standard InChI is InChI=1S/C10H13NO4S/c1-8-5-3-4-6-9(8)16(14,15)11(2)7-10(12)13/h3-6H,7H2,1-2H3,(H,12,13). The van der Waals surface area contributed by atoms with E-state index in [1.807, 2.05) is 0 Å². The van der Waals surface area contributed by atoms with E-state index < -0.39 is 22.5 Å². The van der Waals surface area contributed by atoms with Crippen molar-refractivity contribution in [3.63, 3.8) is 0 Å². The first-order valence-corrected chi connectivity index (χ1v) is 6.03. The van der Waals surface area contributed by atoms with Gasteiger partial charge in [-0.2, -0.15) is 4.31 Å². The number of likely N-dealkylation sites (N-methyl/N-ethyl adjacent to an activating group) is 1. The molecule has 1 N–H and O–H groups in total. The fraction of sp³-hybridized carbons (Fsp3) is 0.300. The predicted octanol–water partition coefficient (Wildman–Crippen LogP) is 0.700. The third-order valence-electron chi connectivity index (χ3n) is 2.14. The summed E-state index contributed by atoms with van der Waals surface area (Å²) in [6.07, 6.45) is 0. The molecule has 0 amide bonds. The number of carbonyl (C=O) groups is 1. The molecule has 0 aliphatic rings. The molecule has 0 heterocycles. The number of aliphatic carboxylic acids is 1. The van der Waals surface area contributed by atoms with E-state index in [4.69, 9.17) is 5.11 Å². The molecule has 1 aromatic carbocycles. The van der Waals surface area contributed by atoms with Crippen LogP contribution >= 0.6 is 0 Å².